The second kappa shape index (κ2) is 5.28. The van der Waals surface area contributed by atoms with E-state index in [-0.39, 0.29) is 46.5 Å². The van der Waals surface area contributed by atoms with Crippen molar-refractivity contribution in [2.24, 2.45) is 40.4 Å². The van der Waals surface area contributed by atoms with Gasteiger partial charge < -0.3 is 15.3 Å². The van der Waals surface area contributed by atoms with Crippen molar-refractivity contribution in [2.45, 2.75) is 77.6 Å². The molecule has 0 aromatic rings. The summed E-state index contributed by atoms with van der Waals surface area (Å²) < 4.78 is 0. The van der Waals surface area contributed by atoms with Gasteiger partial charge in [-0.1, -0.05) is 20.8 Å². The highest BCUT2D eigenvalue weighted by atomic mass is 16.3. The molecule has 4 fully saturated rings. The van der Waals surface area contributed by atoms with E-state index in [0.717, 1.165) is 19.3 Å². The van der Waals surface area contributed by atoms with Gasteiger partial charge in [-0.05, 0) is 66.6 Å². The molecule has 4 aliphatic rings. The fourth-order valence-electron chi connectivity index (χ4n) is 7.46. The molecule has 24 heavy (non-hydrogen) atoms. The first-order chi connectivity index (χ1) is 11.2. The minimum absolute atomic E-state index is 0.0465. The van der Waals surface area contributed by atoms with Crippen LogP contribution in [-0.2, 0) is 4.79 Å². The number of Topliss-reactive ketones (excluding diaryl/α,β-unsaturated/α-hetero) is 1. The molecule has 0 unspecified atom stereocenters. The van der Waals surface area contributed by atoms with E-state index in [2.05, 4.69) is 13.8 Å². The highest BCUT2D eigenvalue weighted by Crippen LogP contribution is 2.66. The molecule has 0 bridgehead atoms. The van der Waals surface area contributed by atoms with E-state index < -0.39 is 12.2 Å². The number of hydrogen-bond donors (Lipinski definition) is 3. The van der Waals surface area contributed by atoms with Crippen molar-refractivity contribution < 1.29 is 20.1 Å². The Kier molecular flexibility index (Phi) is 3.73. The summed E-state index contributed by atoms with van der Waals surface area (Å²) in [6, 6.07) is 0. The topological polar surface area (TPSA) is 77.8 Å². The van der Waals surface area contributed by atoms with E-state index in [9.17, 15) is 20.1 Å². The molecule has 0 heterocycles. The van der Waals surface area contributed by atoms with Gasteiger partial charge in [0, 0.05) is 12.3 Å². The van der Waals surface area contributed by atoms with Gasteiger partial charge in [-0.3, -0.25) is 4.79 Å². The molecule has 4 aliphatic carbocycles. The number of hydrogen-bond acceptors (Lipinski definition) is 4. The first kappa shape index (κ1) is 17.0. The standard InChI is InChI=1S/C20H32O4/c1-10-8-19(2)11(6-13(10)21)7-14(22)17-12-4-5-16(24)20(12,3)9-15(23)18(17)19/h10-12,14-18,22-24H,4-9H2,1-3H3/t10-,11-,12+,14-,15-,16+,17-,18+,19+,20+/m1/s1. The third kappa shape index (κ3) is 2.05. The molecular formula is C20H32O4. The van der Waals surface area contributed by atoms with Crippen molar-refractivity contribution in [1.29, 1.82) is 0 Å². The smallest absolute Gasteiger partial charge is 0.136 e. The van der Waals surface area contributed by atoms with E-state index >= 15 is 0 Å². The molecule has 0 aromatic carbocycles. The number of fused-ring (bicyclic) bond motifs is 5. The van der Waals surface area contributed by atoms with Gasteiger partial charge in [0.1, 0.15) is 5.78 Å². The van der Waals surface area contributed by atoms with E-state index in [1.807, 2.05) is 6.92 Å². The average molecular weight is 336 g/mol. The van der Waals surface area contributed by atoms with Gasteiger partial charge >= 0.3 is 0 Å². The number of rotatable bonds is 0. The molecule has 0 radical (unpaired) electrons. The van der Waals surface area contributed by atoms with Gasteiger partial charge in [0.15, 0.2) is 0 Å². The van der Waals surface area contributed by atoms with Crippen LogP contribution in [0.3, 0.4) is 0 Å². The van der Waals surface area contributed by atoms with Crippen LogP contribution in [0, 0.1) is 40.4 Å². The van der Waals surface area contributed by atoms with Crippen molar-refractivity contribution in [1.82, 2.24) is 0 Å². The third-order valence-electron chi connectivity index (χ3n) is 8.71. The van der Waals surface area contributed by atoms with Crippen molar-refractivity contribution >= 4 is 5.78 Å². The van der Waals surface area contributed by atoms with Gasteiger partial charge in [-0.25, -0.2) is 0 Å². The van der Waals surface area contributed by atoms with Gasteiger partial charge in [0.2, 0.25) is 0 Å². The normalized spacial score (nSPS) is 60.3. The number of carbonyl (C=O) groups excluding carboxylic acids is 1. The Labute approximate surface area is 144 Å². The maximum atomic E-state index is 12.2. The SMILES string of the molecule is C[C@@H]1C[C@@]2(C)[C@H](CC1=O)C[C@@H](O)[C@@H]1[C@@H]2[C@H](O)C[C@]2(C)[C@@H](O)CC[C@@H]12. The fourth-order valence-corrected chi connectivity index (χ4v) is 7.46. The molecule has 136 valence electrons. The number of aliphatic hydroxyl groups is 3. The summed E-state index contributed by atoms with van der Waals surface area (Å²) in [5, 5.41) is 32.6. The Bertz CT molecular complexity index is 548. The first-order valence-electron chi connectivity index (χ1n) is 9.75. The lowest BCUT2D eigenvalue weighted by Crippen LogP contribution is -2.63. The van der Waals surface area contributed by atoms with Crippen LogP contribution >= 0.6 is 0 Å². The van der Waals surface area contributed by atoms with Crippen molar-refractivity contribution in [3.05, 3.63) is 0 Å². The van der Waals surface area contributed by atoms with Gasteiger partial charge in [-0.2, -0.15) is 0 Å². The summed E-state index contributed by atoms with van der Waals surface area (Å²) in [4.78, 5) is 12.2. The second-order valence-electron chi connectivity index (χ2n) is 9.86. The Morgan fingerprint density at radius 1 is 1.00 bits per heavy atom. The van der Waals surface area contributed by atoms with E-state index in [4.69, 9.17) is 0 Å². The molecule has 0 spiro atoms. The summed E-state index contributed by atoms with van der Waals surface area (Å²) in [5.41, 5.74) is -0.355. The molecule has 4 rings (SSSR count). The summed E-state index contributed by atoms with van der Waals surface area (Å²) in [6.07, 6.45) is 3.07. The minimum Gasteiger partial charge on any atom is -0.393 e. The van der Waals surface area contributed by atoms with E-state index in [1.54, 1.807) is 0 Å². The van der Waals surface area contributed by atoms with Crippen LogP contribution in [0.1, 0.15) is 59.3 Å². The predicted molar refractivity (Wildman–Crippen MR) is 90.1 cm³/mol. The Balaban J connectivity index is 1.74. The minimum atomic E-state index is -0.494. The summed E-state index contributed by atoms with van der Waals surface area (Å²) >= 11 is 0. The quantitative estimate of drug-likeness (QED) is 0.633. The summed E-state index contributed by atoms with van der Waals surface area (Å²) in [7, 11) is 0. The lowest BCUT2D eigenvalue weighted by atomic mass is 9.43. The lowest BCUT2D eigenvalue weighted by Gasteiger charge is -2.63. The second-order valence-corrected chi connectivity index (χ2v) is 9.86. The van der Waals surface area contributed by atoms with Crippen LogP contribution in [0.2, 0.25) is 0 Å². The number of ketones is 1. The van der Waals surface area contributed by atoms with Gasteiger partial charge in [-0.15, -0.1) is 0 Å². The first-order valence-corrected chi connectivity index (χ1v) is 9.75. The molecule has 0 aromatic heterocycles. The molecule has 10 atom stereocenters. The molecule has 0 amide bonds. The van der Waals surface area contributed by atoms with Crippen LogP contribution in [-0.4, -0.2) is 39.4 Å². The monoisotopic (exact) mass is 336 g/mol. The summed E-state index contributed by atoms with van der Waals surface area (Å²) in [5.74, 6) is 0.929. The third-order valence-corrected chi connectivity index (χ3v) is 8.71. The fraction of sp³-hybridized carbons (Fsp3) is 0.950. The average Bonchev–Trinajstić information content (AvgIpc) is 2.77. The Hall–Kier alpha value is -0.450. The van der Waals surface area contributed by atoms with Crippen LogP contribution < -0.4 is 0 Å². The van der Waals surface area contributed by atoms with Crippen LogP contribution in [0.15, 0.2) is 0 Å². The van der Waals surface area contributed by atoms with Crippen molar-refractivity contribution in [3.8, 4) is 0 Å². The van der Waals surface area contributed by atoms with Crippen molar-refractivity contribution in [2.75, 3.05) is 0 Å². The molecule has 4 heteroatoms. The Morgan fingerprint density at radius 3 is 2.42 bits per heavy atom. The number of carbonyl (C=O) groups is 1. The summed E-state index contributed by atoms with van der Waals surface area (Å²) in [6.45, 7) is 6.37. The molecule has 0 saturated heterocycles. The van der Waals surface area contributed by atoms with Gasteiger partial charge in [0.25, 0.3) is 0 Å². The highest BCUT2D eigenvalue weighted by Gasteiger charge is 2.65. The van der Waals surface area contributed by atoms with E-state index in [1.165, 1.54) is 0 Å². The molecule has 4 nitrogen and oxygen atoms in total. The molecule has 4 saturated carbocycles. The maximum absolute atomic E-state index is 12.2. The zero-order valence-electron chi connectivity index (χ0n) is 15.1. The highest BCUT2D eigenvalue weighted by molar-refractivity contribution is 5.82. The van der Waals surface area contributed by atoms with Crippen LogP contribution in [0.25, 0.3) is 0 Å². The van der Waals surface area contributed by atoms with Gasteiger partial charge in [0.05, 0.1) is 18.3 Å². The molecular weight excluding hydrogens is 304 g/mol. The zero-order chi connectivity index (χ0) is 17.4. The lowest BCUT2D eigenvalue weighted by molar-refractivity contribution is -0.212. The largest absolute Gasteiger partial charge is 0.393 e. The van der Waals surface area contributed by atoms with E-state index in [0.29, 0.717) is 25.0 Å². The number of aliphatic hydroxyl groups excluding tert-OH is 3. The van der Waals surface area contributed by atoms with Crippen LogP contribution in [0.5, 0.6) is 0 Å². The van der Waals surface area contributed by atoms with Crippen LogP contribution in [0.4, 0.5) is 0 Å². The zero-order valence-corrected chi connectivity index (χ0v) is 15.1. The maximum Gasteiger partial charge on any atom is 0.136 e. The van der Waals surface area contributed by atoms with Crippen molar-refractivity contribution in [3.63, 3.8) is 0 Å². The molecule has 0 aliphatic heterocycles. The Morgan fingerprint density at radius 2 is 1.71 bits per heavy atom. The molecule has 3 N–H and O–H groups in total. The predicted octanol–water partition coefficient (Wildman–Crippen LogP) is 2.15.